The molecule has 0 aromatic heterocycles. The monoisotopic (exact) mass is 251 g/mol. The van der Waals surface area contributed by atoms with Crippen LogP contribution in [0.5, 0.6) is 0 Å². The molecule has 0 radical (unpaired) electrons. The van der Waals surface area contributed by atoms with E-state index in [0.717, 1.165) is 13.0 Å². The third kappa shape index (κ3) is 9.03. The Morgan fingerprint density at radius 1 is 1.17 bits per heavy atom. The molecular formula is C16H29NO. The first-order valence-corrected chi connectivity index (χ1v) is 7.29. The van der Waals surface area contributed by atoms with Crippen LogP contribution in [0.25, 0.3) is 0 Å². The fourth-order valence-corrected chi connectivity index (χ4v) is 1.93. The Hall–Kier alpha value is -1.05. The minimum atomic E-state index is 0.208. The van der Waals surface area contributed by atoms with Crippen LogP contribution in [0.1, 0.15) is 64.7 Å². The van der Waals surface area contributed by atoms with Gasteiger partial charge in [-0.15, -0.1) is 6.58 Å². The second kappa shape index (κ2) is 12.4. The summed E-state index contributed by atoms with van der Waals surface area (Å²) >= 11 is 0. The van der Waals surface area contributed by atoms with Crippen molar-refractivity contribution in [3.8, 4) is 0 Å². The van der Waals surface area contributed by atoms with Crippen molar-refractivity contribution in [2.75, 3.05) is 6.54 Å². The minimum absolute atomic E-state index is 0.208. The highest BCUT2D eigenvalue weighted by Gasteiger charge is 2.15. The lowest BCUT2D eigenvalue weighted by atomic mass is 10.1. The van der Waals surface area contributed by atoms with Crippen LogP contribution in [0.2, 0.25) is 0 Å². The molecule has 2 heteroatoms. The summed E-state index contributed by atoms with van der Waals surface area (Å²) in [7, 11) is 0. The molecule has 0 bridgehead atoms. The van der Waals surface area contributed by atoms with Crippen LogP contribution >= 0.6 is 0 Å². The zero-order valence-electron chi connectivity index (χ0n) is 12.0. The summed E-state index contributed by atoms with van der Waals surface area (Å²) in [4.78, 5) is 12.3. The summed E-state index contributed by atoms with van der Waals surface area (Å²) < 4.78 is 0. The lowest BCUT2D eigenvalue weighted by molar-refractivity contribution is -0.125. The summed E-state index contributed by atoms with van der Waals surface area (Å²) in [5.74, 6) is 0.208. The molecule has 1 amide bonds. The Bertz CT molecular complexity index is 235. The highest BCUT2D eigenvalue weighted by Crippen LogP contribution is 2.08. The number of rotatable bonds is 8. The summed E-state index contributed by atoms with van der Waals surface area (Å²) in [5, 5.41) is 0. The molecule has 0 spiro atoms. The molecule has 18 heavy (non-hydrogen) atoms. The van der Waals surface area contributed by atoms with Gasteiger partial charge in [-0.1, -0.05) is 51.7 Å². The summed E-state index contributed by atoms with van der Waals surface area (Å²) in [5.41, 5.74) is 0. The Labute approximate surface area is 113 Å². The van der Waals surface area contributed by atoms with Gasteiger partial charge in [0.05, 0.1) is 0 Å². The first-order chi connectivity index (χ1) is 8.76. The van der Waals surface area contributed by atoms with Crippen LogP contribution in [0.4, 0.5) is 0 Å². The normalized spacial score (nSPS) is 14.1. The van der Waals surface area contributed by atoms with Crippen LogP contribution in [0.15, 0.2) is 25.4 Å². The average molecular weight is 251 g/mol. The Morgan fingerprint density at radius 2 is 1.83 bits per heavy atom. The first kappa shape index (κ1) is 16.9. The van der Waals surface area contributed by atoms with Gasteiger partial charge in [-0.05, 0) is 25.5 Å². The second-order valence-corrected chi connectivity index (χ2v) is 4.72. The Kier molecular flexibility index (Phi) is 11.7. The van der Waals surface area contributed by atoms with Crippen molar-refractivity contribution in [1.29, 1.82) is 0 Å². The molecule has 1 saturated heterocycles. The number of unbranched alkanes of at least 4 members (excludes halogenated alkanes) is 6. The molecule has 2 nitrogen and oxygen atoms in total. The lowest BCUT2D eigenvalue weighted by Crippen LogP contribution is -2.16. The zero-order valence-corrected chi connectivity index (χ0v) is 12.0. The summed E-state index contributed by atoms with van der Waals surface area (Å²) in [6, 6.07) is 0. The van der Waals surface area contributed by atoms with E-state index in [0.29, 0.717) is 6.42 Å². The number of carbonyl (C=O) groups excluding carboxylic acids is 1. The predicted octanol–water partition coefficient (Wildman–Crippen LogP) is 4.68. The molecule has 1 aliphatic heterocycles. The van der Waals surface area contributed by atoms with Crippen molar-refractivity contribution >= 4 is 5.91 Å². The number of amides is 1. The van der Waals surface area contributed by atoms with Crippen molar-refractivity contribution in [1.82, 2.24) is 4.90 Å². The number of hydrogen-bond donors (Lipinski definition) is 0. The first-order valence-electron chi connectivity index (χ1n) is 7.29. The van der Waals surface area contributed by atoms with Gasteiger partial charge in [0.1, 0.15) is 0 Å². The highest BCUT2D eigenvalue weighted by atomic mass is 16.2. The van der Waals surface area contributed by atoms with Crippen molar-refractivity contribution in [3.63, 3.8) is 0 Å². The third-order valence-corrected chi connectivity index (χ3v) is 3.09. The van der Waals surface area contributed by atoms with Crippen LogP contribution in [-0.2, 0) is 4.79 Å². The van der Waals surface area contributed by atoms with E-state index >= 15 is 0 Å². The molecule has 0 atom stereocenters. The molecular weight excluding hydrogens is 222 g/mol. The van der Waals surface area contributed by atoms with E-state index in [1.165, 1.54) is 44.9 Å². The summed E-state index contributed by atoms with van der Waals surface area (Å²) in [6.45, 7) is 10.3. The average Bonchev–Trinajstić information content (AvgIpc) is 2.80. The smallest absolute Gasteiger partial charge is 0.226 e. The lowest BCUT2D eigenvalue weighted by Gasteiger charge is -2.05. The molecule has 0 aromatic rings. The maximum absolute atomic E-state index is 10.7. The molecule has 0 aromatic carbocycles. The summed E-state index contributed by atoms with van der Waals surface area (Å²) in [6.07, 6.45) is 14.8. The molecule has 0 N–H and O–H groups in total. The van der Waals surface area contributed by atoms with Gasteiger partial charge >= 0.3 is 0 Å². The number of allylic oxidation sites excluding steroid dienone is 1. The molecule has 0 unspecified atom stereocenters. The molecule has 1 heterocycles. The molecule has 1 fully saturated rings. The molecule has 0 aliphatic carbocycles. The van der Waals surface area contributed by atoms with Crippen molar-refractivity contribution in [3.05, 3.63) is 25.4 Å². The number of nitrogens with zero attached hydrogens (tertiary/aromatic N) is 1. The third-order valence-electron chi connectivity index (χ3n) is 3.09. The van der Waals surface area contributed by atoms with Crippen molar-refractivity contribution in [2.45, 2.75) is 64.7 Å². The van der Waals surface area contributed by atoms with Gasteiger partial charge in [-0.3, -0.25) is 4.79 Å². The SMILES string of the molecule is C=CCCCCCCCC.C=CN1CCCC1=O. The molecule has 104 valence electrons. The Morgan fingerprint density at radius 3 is 2.28 bits per heavy atom. The number of hydrogen-bond acceptors (Lipinski definition) is 1. The van der Waals surface area contributed by atoms with Crippen LogP contribution in [0.3, 0.4) is 0 Å². The number of carbonyl (C=O) groups is 1. The number of likely N-dealkylation sites (tertiary alicyclic amines) is 1. The van der Waals surface area contributed by atoms with E-state index in [2.05, 4.69) is 20.1 Å². The fourth-order valence-electron chi connectivity index (χ4n) is 1.93. The van der Waals surface area contributed by atoms with Crippen molar-refractivity contribution < 1.29 is 4.79 Å². The van der Waals surface area contributed by atoms with Crippen LogP contribution < -0.4 is 0 Å². The predicted molar refractivity (Wildman–Crippen MR) is 79.3 cm³/mol. The largest absolute Gasteiger partial charge is 0.320 e. The van der Waals surface area contributed by atoms with Crippen LogP contribution in [0, 0.1) is 0 Å². The van der Waals surface area contributed by atoms with E-state index in [-0.39, 0.29) is 5.91 Å². The minimum Gasteiger partial charge on any atom is -0.320 e. The van der Waals surface area contributed by atoms with Gasteiger partial charge in [-0.25, -0.2) is 0 Å². The zero-order chi connectivity index (χ0) is 13.6. The Balaban J connectivity index is 0.000000327. The van der Waals surface area contributed by atoms with E-state index in [1.807, 2.05) is 6.08 Å². The topological polar surface area (TPSA) is 20.3 Å². The van der Waals surface area contributed by atoms with E-state index in [9.17, 15) is 4.79 Å². The van der Waals surface area contributed by atoms with Gasteiger partial charge in [0.25, 0.3) is 0 Å². The van der Waals surface area contributed by atoms with E-state index in [4.69, 9.17) is 0 Å². The maximum Gasteiger partial charge on any atom is 0.226 e. The van der Waals surface area contributed by atoms with Gasteiger partial charge in [0.15, 0.2) is 0 Å². The van der Waals surface area contributed by atoms with Gasteiger partial charge in [0.2, 0.25) is 5.91 Å². The van der Waals surface area contributed by atoms with Crippen molar-refractivity contribution in [2.24, 2.45) is 0 Å². The van der Waals surface area contributed by atoms with Gasteiger partial charge in [0, 0.05) is 13.0 Å². The van der Waals surface area contributed by atoms with E-state index in [1.54, 1.807) is 11.1 Å². The molecule has 1 aliphatic rings. The van der Waals surface area contributed by atoms with Crippen LogP contribution in [-0.4, -0.2) is 17.4 Å². The standard InChI is InChI=1S/C10H20.C6H9NO/c1-3-5-7-9-10-8-6-4-2;1-2-7-5-3-4-6(7)8/h3H,1,4-10H2,2H3;2H,1,3-5H2. The van der Waals surface area contributed by atoms with E-state index < -0.39 is 0 Å². The highest BCUT2D eigenvalue weighted by molar-refractivity contribution is 5.78. The second-order valence-electron chi connectivity index (χ2n) is 4.72. The molecule has 1 rings (SSSR count). The fraction of sp³-hybridized carbons (Fsp3) is 0.688. The quantitative estimate of drug-likeness (QED) is 0.453. The van der Waals surface area contributed by atoms with Gasteiger partial charge < -0.3 is 4.90 Å². The maximum atomic E-state index is 10.7. The van der Waals surface area contributed by atoms with Gasteiger partial charge in [-0.2, -0.15) is 0 Å². The molecule has 0 saturated carbocycles.